The number of benzene rings is 2. The highest BCUT2D eigenvalue weighted by Crippen LogP contribution is 2.28. The predicted octanol–water partition coefficient (Wildman–Crippen LogP) is 7.08. The van der Waals surface area contributed by atoms with Crippen molar-refractivity contribution in [1.82, 2.24) is 9.97 Å². The van der Waals surface area contributed by atoms with Gasteiger partial charge < -0.3 is 14.4 Å². The van der Waals surface area contributed by atoms with Crippen molar-refractivity contribution in [2.24, 2.45) is 5.92 Å². The van der Waals surface area contributed by atoms with E-state index in [0.29, 0.717) is 19.0 Å². The van der Waals surface area contributed by atoms with Crippen LogP contribution in [0.4, 0.5) is 5.69 Å². The highest BCUT2D eigenvalue weighted by atomic mass is 16.5. The zero-order chi connectivity index (χ0) is 28.5. The van der Waals surface area contributed by atoms with E-state index in [1.165, 1.54) is 24.1 Å². The summed E-state index contributed by atoms with van der Waals surface area (Å²) in [7, 11) is 0. The Morgan fingerprint density at radius 3 is 2.10 bits per heavy atom. The van der Waals surface area contributed by atoms with Crippen molar-refractivity contribution in [3.63, 3.8) is 0 Å². The molecule has 3 aromatic rings. The monoisotopic (exact) mass is 531 g/mol. The Morgan fingerprint density at radius 2 is 1.59 bits per heavy atom. The maximum Gasteiger partial charge on any atom is 0.293 e. The van der Waals surface area contributed by atoms with E-state index in [1.54, 1.807) is 0 Å². The molecule has 1 aromatic heterocycles. The van der Waals surface area contributed by atoms with Crippen LogP contribution in [0.5, 0.6) is 5.75 Å². The smallest absolute Gasteiger partial charge is 0.293 e. The lowest BCUT2D eigenvalue weighted by Crippen LogP contribution is -2.34. The molecule has 0 saturated carbocycles. The Balaban J connectivity index is 0.000000532. The van der Waals surface area contributed by atoms with Crippen LogP contribution in [0, 0.1) is 12.8 Å². The van der Waals surface area contributed by atoms with Gasteiger partial charge in [0.15, 0.2) is 5.75 Å². The largest absolute Gasteiger partial charge is 0.485 e. The number of rotatable bonds is 7. The molecule has 39 heavy (non-hydrogen) atoms. The summed E-state index contributed by atoms with van der Waals surface area (Å²) >= 11 is 0. The van der Waals surface area contributed by atoms with Crippen molar-refractivity contribution < 1.29 is 14.3 Å². The van der Waals surface area contributed by atoms with E-state index in [-0.39, 0.29) is 11.0 Å². The highest BCUT2D eigenvalue weighted by Gasteiger charge is 2.22. The van der Waals surface area contributed by atoms with Crippen molar-refractivity contribution in [2.75, 3.05) is 18.0 Å². The van der Waals surface area contributed by atoms with Crippen molar-refractivity contribution in [1.29, 1.82) is 0 Å². The number of nitrogens with zero attached hydrogens (tertiary/aromatic N) is 3. The lowest BCUT2D eigenvalue weighted by atomic mass is 9.87. The van der Waals surface area contributed by atoms with Crippen molar-refractivity contribution in [3.8, 4) is 5.75 Å². The molecule has 0 unspecified atom stereocenters. The minimum absolute atomic E-state index is 0.200. The Hall–Kier alpha value is -3.41. The lowest BCUT2D eigenvalue weighted by Gasteiger charge is -2.34. The van der Waals surface area contributed by atoms with Gasteiger partial charge in [0.05, 0.1) is 11.9 Å². The van der Waals surface area contributed by atoms with Crippen LogP contribution in [0.15, 0.2) is 60.8 Å². The van der Waals surface area contributed by atoms with Crippen LogP contribution in [0.2, 0.25) is 0 Å². The number of aryl methyl sites for hydroxylation is 1. The molecule has 0 N–H and O–H groups in total. The summed E-state index contributed by atoms with van der Waals surface area (Å²) in [4.78, 5) is 21.5. The second-order valence-electron chi connectivity index (χ2n) is 12.3. The van der Waals surface area contributed by atoms with Crippen LogP contribution < -0.4 is 9.64 Å². The van der Waals surface area contributed by atoms with E-state index >= 15 is 0 Å². The summed E-state index contributed by atoms with van der Waals surface area (Å²) in [5, 5.41) is 0. The molecule has 1 aliphatic rings. The Morgan fingerprint density at radius 1 is 0.949 bits per heavy atom. The van der Waals surface area contributed by atoms with Crippen molar-refractivity contribution in [3.05, 3.63) is 83.4 Å². The van der Waals surface area contributed by atoms with Crippen LogP contribution in [0.1, 0.15) is 77.0 Å². The van der Waals surface area contributed by atoms with Crippen molar-refractivity contribution in [2.45, 2.75) is 85.4 Å². The fraction of sp³-hybridized carbons (Fsp3) is 0.485. The fourth-order valence-corrected chi connectivity index (χ4v) is 4.45. The van der Waals surface area contributed by atoms with Gasteiger partial charge >= 0.3 is 0 Å². The maximum absolute atomic E-state index is 9.60. The molecule has 210 valence electrons. The quantitative estimate of drug-likeness (QED) is 0.304. The number of ether oxygens (including phenoxy) is 2. The Labute approximate surface area is 234 Å². The molecule has 0 bridgehead atoms. The summed E-state index contributed by atoms with van der Waals surface area (Å²) in [6.45, 7) is 17.4. The third kappa shape index (κ3) is 10.0. The van der Waals surface area contributed by atoms with E-state index in [0.717, 1.165) is 42.3 Å². The second kappa shape index (κ2) is 13.6. The third-order valence-corrected chi connectivity index (χ3v) is 6.81. The molecule has 2 heterocycles. The Bertz CT molecular complexity index is 1160. The first-order valence-electron chi connectivity index (χ1n) is 13.9. The summed E-state index contributed by atoms with van der Waals surface area (Å²) in [5.74, 6) is 2.34. The fourth-order valence-electron chi connectivity index (χ4n) is 4.45. The summed E-state index contributed by atoms with van der Waals surface area (Å²) < 4.78 is 10.5. The molecule has 0 atom stereocenters. The summed E-state index contributed by atoms with van der Waals surface area (Å²) in [6.07, 6.45) is 5.13. The molecule has 1 aliphatic heterocycles. The lowest BCUT2D eigenvalue weighted by molar-refractivity contribution is -0.138. The summed E-state index contributed by atoms with van der Waals surface area (Å²) in [5.41, 5.74) is 4.68. The molecule has 6 heteroatoms. The van der Waals surface area contributed by atoms with Gasteiger partial charge in [0, 0.05) is 25.2 Å². The molecule has 4 rings (SSSR count). The number of hydrogen-bond donors (Lipinski definition) is 0. The molecule has 6 nitrogen and oxygen atoms in total. The second-order valence-corrected chi connectivity index (χ2v) is 12.3. The van der Waals surface area contributed by atoms with Gasteiger partial charge in [-0.05, 0) is 75.1 Å². The first-order valence-corrected chi connectivity index (χ1v) is 13.9. The molecule has 0 amide bonds. The minimum atomic E-state index is -0.318. The zero-order valence-corrected chi connectivity index (χ0v) is 24.7. The molecule has 0 aliphatic carbocycles. The van der Waals surface area contributed by atoms with Gasteiger partial charge in [-0.2, -0.15) is 0 Å². The van der Waals surface area contributed by atoms with Gasteiger partial charge in [0.25, 0.3) is 6.47 Å². The summed E-state index contributed by atoms with van der Waals surface area (Å²) in [6, 6.07) is 19.3. The molecular weight excluding hydrogens is 486 g/mol. The normalized spacial score (nSPS) is 14.3. The third-order valence-electron chi connectivity index (χ3n) is 6.81. The molecule has 1 saturated heterocycles. The standard InChI is InChI=1S/C28H35N3O.C5H10O2/c1-21-26(32-20-23-8-6-5-7-9-23)19-29-27(30-21)18-22-14-16-31(17-15-22)25-12-10-24(11-13-25)28(2,3)4;1-5(2,3)7-4-6/h5-13,19,22H,14-18,20H2,1-4H3;4H,1-3H3. The van der Waals surface area contributed by atoms with E-state index < -0.39 is 0 Å². The minimum Gasteiger partial charge on any atom is -0.485 e. The first kappa shape index (κ1) is 30.1. The first-order chi connectivity index (χ1) is 18.4. The van der Waals surface area contributed by atoms with Gasteiger partial charge in [-0.3, -0.25) is 4.79 Å². The number of anilines is 1. The number of carbonyl (C=O) groups excluding carboxylic acids is 1. The highest BCUT2D eigenvalue weighted by molar-refractivity contribution is 5.49. The number of hydrogen-bond acceptors (Lipinski definition) is 6. The van der Waals surface area contributed by atoms with Gasteiger partial charge in [0.1, 0.15) is 18.0 Å². The average molecular weight is 532 g/mol. The predicted molar refractivity (Wildman–Crippen MR) is 158 cm³/mol. The number of aromatic nitrogens is 2. The molecule has 0 spiro atoms. The van der Waals surface area contributed by atoms with Crippen LogP contribution in [0.3, 0.4) is 0 Å². The maximum atomic E-state index is 9.60. The van der Waals surface area contributed by atoms with Gasteiger partial charge in [-0.25, -0.2) is 9.97 Å². The van der Waals surface area contributed by atoms with Crippen molar-refractivity contribution >= 4 is 12.2 Å². The van der Waals surface area contributed by atoms with E-state index in [1.807, 2.05) is 52.1 Å². The number of carbonyl (C=O) groups is 1. The SMILES string of the molecule is CC(C)(C)OC=O.Cc1nc(CC2CCN(c3ccc(C(C)(C)C)cc3)CC2)ncc1OCc1ccccc1. The van der Waals surface area contributed by atoms with E-state index in [4.69, 9.17) is 9.72 Å². The van der Waals surface area contributed by atoms with Gasteiger partial charge in [-0.15, -0.1) is 0 Å². The molecular formula is C33H45N3O3. The molecule has 0 radical (unpaired) electrons. The average Bonchev–Trinajstić information content (AvgIpc) is 2.89. The van der Waals surface area contributed by atoms with E-state index in [9.17, 15) is 4.79 Å². The Kier molecular flexibility index (Phi) is 10.5. The van der Waals surface area contributed by atoms with Crippen LogP contribution >= 0.6 is 0 Å². The number of piperidine rings is 1. The topological polar surface area (TPSA) is 64.5 Å². The molecule has 1 fully saturated rings. The van der Waals surface area contributed by atoms with E-state index in [2.05, 4.69) is 71.8 Å². The zero-order valence-electron chi connectivity index (χ0n) is 24.7. The van der Waals surface area contributed by atoms with Gasteiger partial charge in [-0.1, -0.05) is 63.2 Å². The van der Waals surface area contributed by atoms with Crippen LogP contribution in [-0.4, -0.2) is 35.1 Å². The van der Waals surface area contributed by atoms with Gasteiger partial charge in [0.2, 0.25) is 0 Å². The van der Waals surface area contributed by atoms with Crippen LogP contribution in [0.25, 0.3) is 0 Å². The van der Waals surface area contributed by atoms with Crippen LogP contribution in [-0.2, 0) is 28.0 Å². The molecule has 2 aromatic carbocycles.